The number of quaternary nitrogens is 1. The number of likely N-dealkylation sites (N-methyl/N-ethyl adjacent to an activating group) is 1. The number of hydrazine groups is 1. The van der Waals surface area contributed by atoms with E-state index in [9.17, 15) is 0 Å². The van der Waals surface area contributed by atoms with Crippen molar-refractivity contribution in [1.29, 1.82) is 0 Å². The minimum Gasteiger partial charge on any atom is -0.356 e. The van der Waals surface area contributed by atoms with E-state index in [1.807, 2.05) is 12.1 Å². The van der Waals surface area contributed by atoms with Gasteiger partial charge in [0.25, 0.3) is 0 Å². The summed E-state index contributed by atoms with van der Waals surface area (Å²) in [6.45, 7) is 6.15. The average molecular weight is 341 g/mol. The zero-order chi connectivity index (χ0) is 16.5. The summed E-state index contributed by atoms with van der Waals surface area (Å²) in [5.74, 6) is 0.522. The van der Waals surface area contributed by atoms with Gasteiger partial charge in [-0.1, -0.05) is 26.0 Å². The van der Waals surface area contributed by atoms with Crippen molar-refractivity contribution in [2.45, 2.75) is 19.8 Å². The van der Waals surface area contributed by atoms with Crippen molar-refractivity contribution >= 4 is 40.3 Å². The van der Waals surface area contributed by atoms with Gasteiger partial charge in [0.15, 0.2) is 10.2 Å². The Bertz CT molecular complexity index is 485. The van der Waals surface area contributed by atoms with Crippen LogP contribution in [0.3, 0.4) is 0 Å². The van der Waals surface area contributed by atoms with Gasteiger partial charge in [0.2, 0.25) is 0 Å². The highest BCUT2D eigenvalue weighted by atomic mass is 32.1. The van der Waals surface area contributed by atoms with Crippen molar-refractivity contribution in [2.75, 3.05) is 32.5 Å². The molecular weight excluding hydrogens is 314 g/mol. The van der Waals surface area contributed by atoms with Crippen LogP contribution in [0.4, 0.5) is 5.69 Å². The summed E-state index contributed by atoms with van der Waals surface area (Å²) in [7, 11) is 4.19. The quantitative estimate of drug-likeness (QED) is 0.400. The molecule has 5 N–H and O–H groups in total. The predicted molar refractivity (Wildman–Crippen MR) is 101 cm³/mol. The third-order valence-electron chi connectivity index (χ3n) is 3.04. The fraction of sp³-hybridized carbons (Fsp3) is 0.467. The molecule has 0 aliphatic heterocycles. The molecule has 0 atom stereocenters. The highest BCUT2D eigenvalue weighted by molar-refractivity contribution is 7.80. The van der Waals surface area contributed by atoms with Crippen LogP contribution in [0.5, 0.6) is 0 Å². The number of thiocarbonyl (C=S) groups is 2. The molecule has 7 heteroatoms. The number of hydrogen-bond donors (Lipinski definition) is 5. The lowest BCUT2D eigenvalue weighted by Crippen LogP contribution is -3.06. The molecule has 0 aliphatic rings. The highest BCUT2D eigenvalue weighted by Crippen LogP contribution is 2.16. The van der Waals surface area contributed by atoms with Crippen LogP contribution in [0.15, 0.2) is 24.3 Å². The number of rotatable bonds is 5. The van der Waals surface area contributed by atoms with Crippen LogP contribution in [0.1, 0.15) is 25.3 Å². The molecule has 0 unspecified atom stereocenters. The number of anilines is 1. The van der Waals surface area contributed by atoms with Gasteiger partial charge in [0, 0.05) is 5.69 Å². The standard InChI is InChI=1S/C15H25N5S2/c1-11(2)12-5-7-13(8-6-12)17-15(22)19-18-14(21)16-9-10-20(3)4/h5-8,11H,9-10H2,1-4H3,(H2,16,18,21)(H2,17,19,22)/p+1. The average Bonchev–Trinajstić information content (AvgIpc) is 2.45. The molecule has 0 aliphatic carbocycles. The van der Waals surface area contributed by atoms with Gasteiger partial charge in [-0.2, -0.15) is 0 Å². The van der Waals surface area contributed by atoms with Crippen LogP contribution >= 0.6 is 24.4 Å². The van der Waals surface area contributed by atoms with E-state index in [-0.39, 0.29) is 0 Å². The van der Waals surface area contributed by atoms with Crippen molar-refractivity contribution in [3.8, 4) is 0 Å². The number of hydrogen-bond acceptors (Lipinski definition) is 2. The second-order valence-electron chi connectivity index (χ2n) is 5.69. The molecule has 0 bridgehead atoms. The first kappa shape index (κ1) is 18.6. The Labute approximate surface area is 143 Å². The molecule has 0 amide bonds. The molecule has 0 fully saturated rings. The second kappa shape index (κ2) is 9.55. The normalized spacial score (nSPS) is 10.5. The Morgan fingerprint density at radius 2 is 1.64 bits per heavy atom. The SMILES string of the molecule is CC(C)c1ccc(NC(=S)NNC(=S)NCC[NH+](C)C)cc1. The van der Waals surface area contributed by atoms with Gasteiger partial charge >= 0.3 is 0 Å². The Hall–Kier alpha value is -1.44. The van der Waals surface area contributed by atoms with E-state index in [2.05, 4.69) is 61.6 Å². The second-order valence-corrected chi connectivity index (χ2v) is 6.51. The third kappa shape index (κ3) is 7.53. The van der Waals surface area contributed by atoms with E-state index in [0.717, 1.165) is 18.8 Å². The summed E-state index contributed by atoms with van der Waals surface area (Å²) in [5, 5.41) is 7.21. The van der Waals surface area contributed by atoms with Crippen LogP contribution in [0, 0.1) is 0 Å². The minimum atomic E-state index is 0.472. The topological polar surface area (TPSA) is 52.6 Å². The monoisotopic (exact) mass is 340 g/mol. The molecule has 0 radical (unpaired) electrons. The molecule has 0 spiro atoms. The largest absolute Gasteiger partial charge is 0.356 e. The molecule has 0 aromatic heterocycles. The third-order valence-corrected chi connectivity index (χ3v) is 3.49. The smallest absolute Gasteiger partial charge is 0.189 e. The molecule has 0 saturated carbocycles. The fourth-order valence-electron chi connectivity index (χ4n) is 1.70. The lowest BCUT2D eigenvalue weighted by molar-refractivity contribution is -0.856. The highest BCUT2D eigenvalue weighted by Gasteiger charge is 2.02. The van der Waals surface area contributed by atoms with Crippen LogP contribution in [-0.2, 0) is 0 Å². The Morgan fingerprint density at radius 3 is 2.18 bits per heavy atom. The van der Waals surface area contributed by atoms with Crippen LogP contribution < -0.4 is 26.4 Å². The minimum absolute atomic E-state index is 0.472. The van der Waals surface area contributed by atoms with Crippen molar-refractivity contribution in [1.82, 2.24) is 16.2 Å². The van der Waals surface area contributed by atoms with Gasteiger partial charge in [0.05, 0.1) is 27.2 Å². The van der Waals surface area contributed by atoms with Crippen LogP contribution in [0.25, 0.3) is 0 Å². The van der Waals surface area contributed by atoms with E-state index in [4.69, 9.17) is 24.4 Å². The van der Waals surface area contributed by atoms with Crippen LogP contribution in [-0.4, -0.2) is 37.4 Å². The summed E-state index contributed by atoms with van der Waals surface area (Å²) in [6.07, 6.45) is 0. The zero-order valence-corrected chi connectivity index (χ0v) is 15.3. The fourth-order valence-corrected chi connectivity index (χ4v) is 2.02. The lowest BCUT2D eigenvalue weighted by Gasteiger charge is -2.15. The first-order valence-corrected chi connectivity index (χ1v) is 8.20. The van der Waals surface area contributed by atoms with E-state index < -0.39 is 0 Å². The maximum atomic E-state index is 5.22. The van der Waals surface area contributed by atoms with Gasteiger partial charge in [0.1, 0.15) is 0 Å². The first-order chi connectivity index (χ1) is 10.4. The molecule has 0 saturated heterocycles. The summed E-state index contributed by atoms with van der Waals surface area (Å²) in [5.41, 5.74) is 7.97. The molecule has 1 aromatic rings. The lowest BCUT2D eigenvalue weighted by atomic mass is 10.0. The van der Waals surface area contributed by atoms with Gasteiger partial charge in [-0.05, 0) is 48.0 Å². The summed E-state index contributed by atoms with van der Waals surface area (Å²) < 4.78 is 0. The molecule has 22 heavy (non-hydrogen) atoms. The summed E-state index contributed by atoms with van der Waals surface area (Å²) >= 11 is 10.4. The molecule has 1 rings (SSSR count). The van der Waals surface area contributed by atoms with Gasteiger partial charge in [-0.25, -0.2) is 0 Å². The molecule has 5 nitrogen and oxygen atoms in total. The molecule has 1 aromatic carbocycles. The Kier molecular flexibility index (Phi) is 8.08. The Morgan fingerprint density at radius 1 is 1.05 bits per heavy atom. The van der Waals surface area contributed by atoms with Crippen molar-refractivity contribution in [2.24, 2.45) is 0 Å². The van der Waals surface area contributed by atoms with Gasteiger partial charge in [-0.15, -0.1) is 0 Å². The van der Waals surface area contributed by atoms with Crippen molar-refractivity contribution in [3.63, 3.8) is 0 Å². The van der Waals surface area contributed by atoms with E-state index in [0.29, 0.717) is 16.1 Å². The van der Waals surface area contributed by atoms with E-state index in [1.54, 1.807) is 0 Å². The molecule has 0 heterocycles. The Balaban J connectivity index is 2.29. The van der Waals surface area contributed by atoms with E-state index in [1.165, 1.54) is 10.5 Å². The molecular formula is C15H26N5S2+. The van der Waals surface area contributed by atoms with Crippen LogP contribution in [0.2, 0.25) is 0 Å². The summed E-state index contributed by atoms with van der Waals surface area (Å²) in [6, 6.07) is 8.22. The van der Waals surface area contributed by atoms with Crippen molar-refractivity contribution in [3.05, 3.63) is 29.8 Å². The maximum Gasteiger partial charge on any atom is 0.189 e. The molecule has 122 valence electrons. The number of benzene rings is 1. The zero-order valence-electron chi connectivity index (χ0n) is 13.6. The van der Waals surface area contributed by atoms with Gasteiger partial charge in [-0.3, -0.25) is 10.9 Å². The summed E-state index contributed by atoms with van der Waals surface area (Å²) in [4.78, 5) is 1.37. The first-order valence-electron chi connectivity index (χ1n) is 7.38. The van der Waals surface area contributed by atoms with Gasteiger partial charge < -0.3 is 15.5 Å². The number of nitrogens with one attached hydrogen (secondary N) is 5. The predicted octanol–water partition coefficient (Wildman–Crippen LogP) is 0.620. The van der Waals surface area contributed by atoms with Crippen molar-refractivity contribution < 1.29 is 4.90 Å². The maximum absolute atomic E-state index is 5.22. The van der Waals surface area contributed by atoms with E-state index >= 15 is 0 Å².